The summed E-state index contributed by atoms with van der Waals surface area (Å²) in [5, 5.41) is 13.5. The fraction of sp³-hybridized carbons (Fsp3) is 0.667. The average Bonchev–Trinajstić information content (AvgIpc) is 2.98. The van der Waals surface area contributed by atoms with Crippen LogP contribution in [0.2, 0.25) is 0 Å². The molecule has 1 atom stereocenters. The van der Waals surface area contributed by atoms with Gasteiger partial charge >= 0.3 is 0 Å². The molecule has 0 bridgehead atoms. The third-order valence-electron chi connectivity index (χ3n) is 4.25. The number of rotatable bonds is 5. The van der Waals surface area contributed by atoms with Crippen LogP contribution in [0.25, 0.3) is 0 Å². The van der Waals surface area contributed by atoms with Gasteiger partial charge in [0.05, 0.1) is 26.3 Å². The number of aromatic nitrogens is 2. The Morgan fingerprint density at radius 2 is 2.04 bits per heavy atom. The standard InChI is InChI=1S/C15H23N5O3/c21-13(10-19-6-8-23-9-7-19)18-11-15(22)2-5-20(12-15)14-16-3-1-4-17-14/h1,3-4,22H,2,5-12H2,(H,18,21)/t15-/m0/s1. The third kappa shape index (κ3) is 4.37. The quantitative estimate of drug-likeness (QED) is 0.709. The smallest absolute Gasteiger partial charge is 0.234 e. The van der Waals surface area contributed by atoms with Crippen molar-refractivity contribution in [2.45, 2.75) is 12.0 Å². The van der Waals surface area contributed by atoms with Gasteiger partial charge in [-0.3, -0.25) is 9.69 Å². The number of nitrogens with zero attached hydrogens (tertiary/aromatic N) is 4. The summed E-state index contributed by atoms with van der Waals surface area (Å²) < 4.78 is 5.26. The van der Waals surface area contributed by atoms with Crippen molar-refractivity contribution in [2.75, 3.05) is 57.4 Å². The second-order valence-electron chi connectivity index (χ2n) is 6.11. The summed E-state index contributed by atoms with van der Waals surface area (Å²) in [7, 11) is 0. The predicted molar refractivity (Wildman–Crippen MR) is 84.1 cm³/mol. The predicted octanol–water partition coefficient (Wildman–Crippen LogP) is -1.13. The lowest BCUT2D eigenvalue weighted by Crippen LogP contribution is -2.49. The fourth-order valence-corrected chi connectivity index (χ4v) is 2.91. The number of amides is 1. The van der Waals surface area contributed by atoms with E-state index in [9.17, 15) is 9.90 Å². The number of hydrogen-bond acceptors (Lipinski definition) is 7. The number of aliphatic hydroxyl groups is 1. The number of ether oxygens (including phenoxy) is 1. The van der Waals surface area contributed by atoms with Crippen LogP contribution in [0.3, 0.4) is 0 Å². The molecule has 0 radical (unpaired) electrons. The minimum Gasteiger partial charge on any atom is -0.386 e. The van der Waals surface area contributed by atoms with Gasteiger partial charge < -0.3 is 20.1 Å². The Balaban J connectivity index is 1.45. The van der Waals surface area contributed by atoms with Crippen molar-refractivity contribution in [3.05, 3.63) is 18.5 Å². The number of morpholine rings is 1. The fourth-order valence-electron chi connectivity index (χ4n) is 2.91. The van der Waals surface area contributed by atoms with Crippen molar-refractivity contribution >= 4 is 11.9 Å². The Kier molecular flexibility index (Phi) is 5.04. The van der Waals surface area contributed by atoms with Gasteiger partial charge in [0.25, 0.3) is 0 Å². The molecule has 0 aliphatic carbocycles. The van der Waals surface area contributed by atoms with E-state index in [0.29, 0.717) is 45.2 Å². The minimum absolute atomic E-state index is 0.0604. The molecule has 8 nitrogen and oxygen atoms in total. The second kappa shape index (κ2) is 7.20. The lowest BCUT2D eigenvalue weighted by molar-refractivity contribution is -0.124. The zero-order valence-electron chi connectivity index (χ0n) is 13.1. The van der Waals surface area contributed by atoms with Crippen molar-refractivity contribution < 1.29 is 14.6 Å². The van der Waals surface area contributed by atoms with Crippen LogP contribution in [-0.4, -0.2) is 84.0 Å². The maximum atomic E-state index is 12.0. The summed E-state index contributed by atoms with van der Waals surface area (Å²) in [5.41, 5.74) is -0.931. The van der Waals surface area contributed by atoms with Crippen LogP contribution in [0.15, 0.2) is 18.5 Å². The molecule has 1 aromatic heterocycles. The minimum atomic E-state index is -0.931. The molecule has 126 valence electrons. The molecule has 3 rings (SSSR count). The number of nitrogens with one attached hydrogen (secondary N) is 1. The molecule has 8 heteroatoms. The zero-order chi connectivity index (χ0) is 16.1. The van der Waals surface area contributed by atoms with Gasteiger partial charge in [-0.25, -0.2) is 9.97 Å². The first-order valence-electron chi connectivity index (χ1n) is 7.96. The lowest BCUT2D eigenvalue weighted by Gasteiger charge is -2.27. The molecular formula is C15H23N5O3. The normalized spacial score (nSPS) is 25.5. The van der Waals surface area contributed by atoms with Crippen molar-refractivity contribution in [1.29, 1.82) is 0 Å². The van der Waals surface area contributed by atoms with E-state index in [1.807, 2.05) is 4.90 Å². The summed E-state index contributed by atoms with van der Waals surface area (Å²) in [4.78, 5) is 24.4. The van der Waals surface area contributed by atoms with E-state index in [4.69, 9.17) is 4.74 Å². The SMILES string of the molecule is O=C(CN1CCOCC1)NC[C@@]1(O)CCN(c2ncccn2)C1. The topological polar surface area (TPSA) is 90.8 Å². The van der Waals surface area contributed by atoms with E-state index in [0.717, 1.165) is 13.1 Å². The molecule has 0 unspecified atom stereocenters. The molecule has 1 aromatic rings. The van der Waals surface area contributed by atoms with E-state index in [1.165, 1.54) is 0 Å². The molecule has 0 saturated carbocycles. The van der Waals surface area contributed by atoms with Gasteiger partial charge in [0.1, 0.15) is 5.60 Å². The van der Waals surface area contributed by atoms with Gasteiger partial charge in [-0.1, -0.05) is 0 Å². The van der Waals surface area contributed by atoms with Crippen molar-refractivity contribution in [3.8, 4) is 0 Å². The molecule has 2 aliphatic rings. The van der Waals surface area contributed by atoms with Gasteiger partial charge in [-0.2, -0.15) is 0 Å². The molecule has 2 N–H and O–H groups in total. The summed E-state index contributed by atoms with van der Waals surface area (Å²) in [6.07, 6.45) is 3.96. The number of β-amino-alcohol motifs (C(OH)–C–C–N with tert-alkyl or cyclic N) is 1. The molecule has 0 spiro atoms. The molecule has 1 amide bonds. The van der Waals surface area contributed by atoms with Crippen LogP contribution >= 0.6 is 0 Å². The van der Waals surface area contributed by atoms with Crippen LogP contribution in [0.1, 0.15) is 6.42 Å². The van der Waals surface area contributed by atoms with E-state index in [1.54, 1.807) is 18.5 Å². The van der Waals surface area contributed by atoms with Crippen molar-refractivity contribution in [1.82, 2.24) is 20.2 Å². The van der Waals surface area contributed by atoms with Gasteiger partial charge in [-0.15, -0.1) is 0 Å². The van der Waals surface area contributed by atoms with Crippen LogP contribution in [0.5, 0.6) is 0 Å². The second-order valence-corrected chi connectivity index (χ2v) is 6.11. The monoisotopic (exact) mass is 321 g/mol. The first kappa shape index (κ1) is 16.1. The lowest BCUT2D eigenvalue weighted by atomic mass is 10.0. The highest BCUT2D eigenvalue weighted by atomic mass is 16.5. The van der Waals surface area contributed by atoms with E-state index >= 15 is 0 Å². The Hall–Kier alpha value is -1.77. The Morgan fingerprint density at radius 1 is 1.30 bits per heavy atom. The third-order valence-corrected chi connectivity index (χ3v) is 4.25. The van der Waals surface area contributed by atoms with Crippen LogP contribution in [-0.2, 0) is 9.53 Å². The first-order chi connectivity index (χ1) is 11.1. The number of hydrogen-bond donors (Lipinski definition) is 2. The molecular weight excluding hydrogens is 298 g/mol. The highest BCUT2D eigenvalue weighted by Crippen LogP contribution is 2.23. The molecule has 3 heterocycles. The average molecular weight is 321 g/mol. The summed E-state index contributed by atoms with van der Waals surface area (Å²) in [6.45, 7) is 4.60. The highest BCUT2D eigenvalue weighted by molar-refractivity contribution is 5.78. The summed E-state index contributed by atoms with van der Waals surface area (Å²) >= 11 is 0. The molecule has 23 heavy (non-hydrogen) atoms. The Labute approximate surface area is 135 Å². The van der Waals surface area contributed by atoms with Gasteiger partial charge in [-0.05, 0) is 12.5 Å². The van der Waals surface area contributed by atoms with Crippen LogP contribution in [0.4, 0.5) is 5.95 Å². The largest absolute Gasteiger partial charge is 0.386 e. The molecule has 2 aliphatic heterocycles. The number of carbonyl (C=O) groups excluding carboxylic acids is 1. The summed E-state index contributed by atoms with van der Waals surface area (Å²) in [6, 6.07) is 1.76. The van der Waals surface area contributed by atoms with E-state index in [-0.39, 0.29) is 12.5 Å². The van der Waals surface area contributed by atoms with E-state index in [2.05, 4.69) is 20.2 Å². The zero-order valence-corrected chi connectivity index (χ0v) is 13.1. The van der Waals surface area contributed by atoms with Crippen molar-refractivity contribution in [3.63, 3.8) is 0 Å². The van der Waals surface area contributed by atoms with E-state index < -0.39 is 5.60 Å². The molecule has 0 aromatic carbocycles. The van der Waals surface area contributed by atoms with Crippen molar-refractivity contribution in [2.24, 2.45) is 0 Å². The van der Waals surface area contributed by atoms with Gasteiger partial charge in [0, 0.05) is 38.6 Å². The summed E-state index contributed by atoms with van der Waals surface area (Å²) in [5.74, 6) is 0.554. The Bertz CT molecular complexity index is 523. The highest BCUT2D eigenvalue weighted by Gasteiger charge is 2.37. The van der Waals surface area contributed by atoms with Gasteiger partial charge in [0.15, 0.2) is 0 Å². The Morgan fingerprint density at radius 3 is 2.78 bits per heavy atom. The van der Waals surface area contributed by atoms with Gasteiger partial charge in [0.2, 0.25) is 11.9 Å². The van der Waals surface area contributed by atoms with Crippen LogP contribution < -0.4 is 10.2 Å². The maximum absolute atomic E-state index is 12.0. The molecule has 2 saturated heterocycles. The number of anilines is 1. The maximum Gasteiger partial charge on any atom is 0.234 e. The molecule has 2 fully saturated rings. The number of carbonyl (C=O) groups is 1. The first-order valence-corrected chi connectivity index (χ1v) is 7.96. The van der Waals surface area contributed by atoms with Crippen LogP contribution in [0, 0.1) is 0 Å².